The number of rotatable bonds is 5. The average Bonchev–Trinajstić information content (AvgIpc) is 2.96. The summed E-state index contributed by atoms with van der Waals surface area (Å²) in [6, 6.07) is 0. The molecule has 0 aromatic carbocycles. The molecule has 1 aliphatic rings. The maximum atomic E-state index is 11.8. The monoisotopic (exact) mass is 253 g/mol. The summed E-state index contributed by atoms with van der Waals surface area (Å²) in [6.45, 7) is 1.60. The maximum Gasteiger partial charge on any atom is 0.273 e. The molecule has 1 saturated carbocycles. The van der Waals surface area contributed by atoms with Crippen LogP contribution < -0.4 is 11.1 Å². The van der Waals surface area contributed by atoms with Gasteiger partial charge >= 0.3 is 0 Å². The zero-order valence-electron chi connectivity index (χ0n) is 10.2. The molecular weight excluding hydrogens is 234 g/mol. The molecule has 2 unspecified atom stereocenters. The number of aromatic nitrogens is 3. The van der Waals surface area contributed by atoms with Gasteiger partial charge in [-0.3, -0.25) is 9.48 Å². The van der Waals surface area contributed by atoms with Crippen molar-refractivity contribution < 1.29 is 9.90 Å². The number of nitrogens with zero attached hydrogens (tertiary/aromatic N) is 3. The summed E-state index contributed by atoms with van der Waals surface area (Å²) in [5.41, 5.74) is 5.69. The molecule has 2 atom stereocenters. The van der Waals surface area contributed by atoms with Gasteiger partial charge in [0.15, 0.2) is 5.69 Å². The van der Waals surface area contributed by atoms with Gasteiger partial charge in [0, 0.05) is 13.1 Å². The Bertz CT molecular complexity index is 406. The van der Waals surface area contributed by atoms with E-state index in [-0.39, 0.29) is 12.0 Å². The third-order valence-corrected chi connectivity index (χ3v) is 3.19. The molecule has 7 nitrogen and oxygen atoms in total. The van der Waals surface area contributed by atoms with Crippen LogP contribution in [-0.4, -0.2) is 45.2 Å². The second-order valence-corrected chi connectivity index (χ2v) is 4.70. The summed E-state index contributed by atoms with van der Waals surface area (Å²) < 4.78 is 1.55. The van der Waals surface area contributed by atoms with Gasteiger partial charge in [0.1, 0.15) is 0 Å². The van der Waals surface area contributed by atoms with Gasteiger partial charge in [-0.1, -0.05) is 5.21 Å². The summed E-state index contributed by atoms with van der Waals surface area (Å²) in [4.78, 5) is 11.8. The van der Waals surface area contributed by atoms with E-state index in [1.165, 1.54) is 0 Å². The molecule has 0 bridgehead atoms. The third kappa shape index (κ3) is 3.27. The minimum Gasteiger partial charge on any atom is -0.393 e. The van der Waals surface area contributed by atoms with Gasteiger partial charge in [-0.05, 0) is 25.2 Å². The molecule has 1 amide bonds. The van der Waals surface area contributed by atoms with E-state index in [0.717, 1.165) is 19.3 Å². The third-order valence-electron chi connectivity index (χ3n) is 3.19. The lowest BCUT2D eigenvalue weighted by Gasteiger charge is -2.09. The lowest BCUT2D eigenvalue weighted by Crippen LogP contribution is -2.29. The fourth-order valence-corrected chi connectivity index (χ4v) is 2.21. The molecule has 4 N–H and O–H groups in total. The zero-order valence-corrected chi connectivity index (χ0v) is 10.2. The predicted octanol–water partition coefficient (Wildman–Crippen LogP) is -0.872. The van der Waals surface area contributed by atoms with Gasteiger partial charge in [-0.2, -0.15) is 0 Å². The molecule has 2 rings (SSSR count). The number of hydrogen-bond donors (Lipinski definition) is 3. The predicted molar refractivity (Wildman–Crippen MR) is 64.8 cm³/mol. The van der Waals surface area contributed by atoms with Crippen LogP contribution in [0.2, 0.25) is 0 Å². The molecule has 1 aromatic heterocycles. The van der Waals surface area contributed by atoms with Crippen LogP contribution in [0.5, 0.6) is 0 Å². The standard InChI is InChI=1S/C11H19N5O2/c12-3-4-16-7-10(14-15-16)11(18)13-6-8-1-2-9(17)5-8/h7-9,17H,1-6,12H2,(H,13,18). The summed E-state index contributed by atoms with van der Waals surface area (Å²) >= 11 is 0. The van der Waals surface area contributed by atoms with Crippen molar-refractivity contribution in [2.75, 3.05) is 13.1 Å². The summed E-state index contributed by atoms with van der Waals surface area (Å²) in [5, 5.41) is 19.8. The van der Waals surface area contributed by atoms with Crippen LogP contribution in [0.4, 0.5) is 0 Å². The van der Waals surface area contributed by atoms with E-state index in [9.17, 15) is 9.90 Å². The van der Waals surface area contributed by atoms with Crippen LogP contribution >= 0.6 is 0 Å². The van der Waals surface area contributed by atoms with Crippen LogP contribution in [0.1, 0.15) is 29.8 Å². The summed E-state index contributed by atoms with van der Waals surface area (Å²) in [5.74, 6) is 0.141. The maximum absolute atomic E-state index is 11.8. The highest BCUT2D eigenvalue weighted by Crippen LogP contribution is 2.24. The van der Waals surface area contributed by atoms with Crippen LogP contribution in [0.15, 0.2) is 6.20 Å². The van der Waals surface area contributed by atoms with Crippen molar-refractivity contribution in [3.8, 4) is 0 Å². The van der Waals surface area contributed by atoms with E-state index >= 15 is 0 Å². The second kappa shape index (κ2) is 5.92. The Morgan fingerprint density at radius 3 is 3.11 bits per heavy atom. The van der Waals surface area contributed by atoms with E-state index in [1.54, 1.807) is 10.9 Å². The van der Waals surface area contributed by atoms with E-state index in [4.69, 9.17) is 5.73 Å². The lowest BCUT2D eigenvalue weighted by molar-refractivity contribution is 0.0940. The number of nitrogens with two attached hydrogens (primary N) is 1. The van der Waals surface area contributed by atoms with E-state index in [1.807, 2.05) is 0 Å². The number of amides is 1. The first kappa shape index (κ1) is 13.0. The van der Waals surface area contributed by atoms with Crippen LogP contribution in [0.3, 0.4) is 0 Å². The Morgan fingerprint density at radius 2 is 2.44 bits per heavy atom. The van der Waals surface area contributed by atoms with Gasteiger partial charge in [0.05, 0.1) is 18.8 Å². The average molecular weight is 253 g/mol. The van der Waals surface area contributed by atoms with Gasteiger partial charge in [0.2, 0.25) is 0 Å². The number of carbonyl (C=O) groups excluding carboxylic acids is 1. The fraction of sp³-hybridized carbons (Fsp3) is 0.727. The fourth-order valence-electron chi connectivity index (χ4n) is 2.21. The number of carbonyl (C=O) groups is 1. The van der Waals surface area contributed by atoms with Crippen LogP contribution in [0.25, 0.3) is 0 Å². The summed E-state index contributed by atoms with van der Waals surface area (Å²) in [7, 11) is 0. The largest absolute Gasteiger partial charge is 0.393 e. The molecule has 1 fully saturated rings. The Kier molecular flexibility index (Phi) is 4.27. The minimum absolute atomic E-state index is 0.211. The SMILES string of the molecule is NCCn1cc(C(=O)NCC2CCC(O)C2)nn1. The van der Waals surface area contributed by atoms with Crippen molar-refractivity contribution in [2.24, 2.45) is 11.7 Å². The van der Waals surface area contributed by atoms with Crippen LogP contribution in [-0.2, 0) is 6.54 Å². The summed E-state index contributed by atoms with van der Waals surface area (Å²) in [6.07, 6.45) is 3.93. The Hall–Kier alpha value is -1.47. The van der Waals surface area contributed by atoms with Gasteiger partial charge in [-0.15, -0.1) is 5.10 Å². The highest BCUT2D eigenvalue weighted by molar-refractivity contribution is 5.91. The molecule has 18 heavy (non-hydrogen) atoms. The molecule has 0 saturated heterocycles. The molecule has 0 radical (unpaired) electrons. The van der Waals surface area contributed by atoms with Gasteiger partial charge in [-0.25, -0.2) is 0 Å². The lowest BCUT2D eigenvalue weighted by atomic mass is 10.1. The topological polar surface area (TPSA) is 106 Å². The molecule has 0 spiro atoms. The number of nitrogens with one attached hydrogen (secondary N) is 1. The quantitative estimate of drug-likeness (QED) is 0.632. The van der Waals surface area contributed by atoms with Crippen LogP contribution in [0, 0.1) is 5.92 Å². The Balaban J connectivity index is 1.80. The second-order valence-electron chi connectivity index (χ2n) is 4.70. The molecule has 1 aliphatic carbocycles. The molecule has 100 valence electrons. The Morgan fingerprint density at radius 1 is 1.61 bits per heavy atom. The normalized spacial score (nSPS) is 23.2. The van der Waals surface area contributed by atoms with Crippen molar-refractivity contribution in [3.05, 3.63) is 11.9 Å². The molecular formula is C11H19N5O2. The molecule has 7 heteroatoms. The van der Waals surface area contributed by atoms with Crippen molar-refractivity contribution in [1.29, 1.82) is 0 Å². The van der Waals surface area contributed by atoms with Crippen molar-refractivity contribution >= 4 is 5.91 Å². The first-order valence-electron chi connectivity index (χ1n) is 6.25. The minimum atomic E-state index is -0.223. The van der Waals surface area contributed by atoms with E-state index < -0.39 is 0 Å². The zero-order chi connectivity index (χ0) is 13.0. The first-order chi connectivity index (χ1) is 8.69. The number of aliphatic hydroxyl groups is 1. The van der Waals surface area contributed by atoms with Gasteiger partial charge in [0.25, 0.3) is 5.91 Å². The van der Waals surface area contributed by atoms with Crippen molar-refractivity contribution in [1.82, 2.24) is 20.3 Å². The number of hydrogen-bond acceptors (Lipinski definition) is 5. The van der Waals surface area contributed by atoms with E-state index in [2.05, 4.69) is 15.6 Å². The molecule has 1 heterocycles. The van der Waals surface area contributed by atoms with Gasteiger partial charge < -0.3 is 16.2 Å². The molecule has 0 aliphatic heterocycles. The molecule has 1 aromatic rings. The first-order valence-corrected chi connectivity index (χ1v) is 6.25. The number of aliphatic hydroxyl groups excluding tert-OH is 1. The highest BCUT2D eigenvalue weighted by atomic mass is 16.3. The smallest absolute Gasteiger partial charge is 0.273 e. The Labute approximate surface area is 105 Å². The van der Waals surface area contributed by atoms with Crippen molar-refractivity contribution in [3.63, 3.8) is 0 Å². The van der Waals surface area contributed by atoms with Crippen molar-refractivity contribution in [2.45, 2.75) is 31.9 Å². The highest BCUT2D eigenvalue weighted by Gasteiger charge is 2.23. The van der Waals surface area contributed by atoms with E-state index in [0.29, 0.717) is 31.2 Å².